The number of aromatic nitrogens is 1. The normalized spacial score (nSPS) is 10.1. The van der Waals surface area contributed by atoms with Gasteiger partial charge in [0, 0.05) is 30.2 Å². The second-order valence-corrected chi connectivity index (χ2v) is 3.42. The van der Waals surface area contributed by atoms with Crippen LogP contribution in [0.3, 0.4) is 0 Å². The maximum absolute atomic E-state index is 13.0. The minimum absolute atomic E-state index is 0.452. The van der Waals surface area contributed by atoms with Crippen molar-refractivity contribution in [1.82, 2.24) is 4.98 Å². The first-order valence-corrected chi connectivity index (χ1v) is 5.25. The molecule has 0 spiro atoms. The minimum atomic E-state index is -0.452. The second kappa shape index (κ2) is 4.75. The van der Waals surface area contributed by atoms with Crippen molar-refractivity contribution in [3.8, 4) is 0 Å². The number of hydrogen-bond acceptors (Lipinski definition) is 2. The highest BCUT2D eigenvalue weighted by Gasteiger charge is 2.07. The molecule has 0 saturated carbocycles. The van der Waals surface area contributed by atoms with Crippen LogP contribution in [0.5, 0.6) is 0 Å². The number of para-hydroxylation sites is 1. The van der Waals surface area contributed by atoms with Crippen LogP contribution in [0.15, 0.2) is 48.7 Å². The fourth-order valence-corrected chi connectivity index (χ4v) is 1.68. The first-order valence-electron chi connectivity index (χ1n) is 5.25. The zero-order valence-electron chi connectivity index (χ0n) is 9.10. The molecular weight excluding hydrogens is 203 g/mol. The third kappa shape index (κ3) is 2.19. The predicted molar refractivity (Wildman–Crippen MR) is 63.3 cm³/mol. The summed E-state index contributed by atoms with van der Waals surface area (Å²) in [5.41, 5.74) is 1.87. The van der Waals surface area contributed by atoms with Gasteiger partial charge in [-0.1, -0.05) is 18.2 Å². The molecule has 2 aromatic rings. The number of anilines is 2. The number of halogens is 1. The third-order valence-corrected chi connectivity index (χ3v) is 2.41. The van der Waals surface area contributed by atoms with E-state index < -0.39 is 5.95 Å². The van der Waals surface area contributed by atoms with E-state index in [1.165, 1.54) is 12.3 Å². The van der Waals surface area contributed by atoms with Gasteiger partial charge in [0.15, 0.2) is 0 Å². The quantitative estimate of drug-likeness (QED) is 0.731. The number of pyridine rings is 1. The molecule has 16 heavy (non-hydrogen) atoms. The van der Waals surface area contributed by atoms with E-state index in [1.807, 2.05) is 42.2 Å². The van der Waals surface area contributed by atoms with Crippen LogP contribution in [0.4, 0.5) is 15.8 Å². The summed E-state index contributed by atoms with van der Waals surface area (Å²) in [4.78, 5) is 5.59. The largest absolute Gasteiger partial charge is 0.342 e. The Kier molecular flexibility index (Phi) is 3.15. The lowest BCUT2D eigenvalue weighted by Gasteiger charge is -2.22. The van der Waals surface area contributed by atoms with Crippen molar-refractivity contribution >= 4 is 11.4 Å². The first-order chi connectivity index (χ1) is 7.81. The van der Waals surface area contributed by atoms with E-state index in [2.05, 4.69) is 4.98 Å². The molecule has 0 bridgehead atoms. The van der Waals surface area contributed by atoms with Gasteiger partial charge in [0.2, 0.25) is 5.95 Å². The average Bonchev–Trinajstić information content (AvgIpc) is 2.31. The summed E-state index contributed by atoms with van der Waals surface area (Å²) in [5.74, 6) is -0.452. The van der Waals surface area contributed by atoms with E-state index in [4.69, 9.17) is 0 Å². The zero-order chi connectivity index (χ0) is 11.4. The van der Waals surface area contributed by atoms with Crippen molar-refractivity contribution in [2.75, 3.05) is 11.4 Å². The molecule has 0 atom stereocenters. The molecule has 1 aromatic carbocycles. The molecule has 0 amide bonds. The van der Waals surface area contributed by atoms with Crippen LogP contribution in [-0.2, 0) is 0 Å². The van der Waals surface area contributed by atoms with Crippen LogP contribution in [0.1, 0.15) is 6.92 Å². The smallest absolute Gasteiger partial charge is 0.214 e. The fourth-order valence-electron chi connectivity index (χ4n) is 1.68. The van der Waals surface area contributed by atoms with Gasteiger partial charge in [-0.2, -0.15) is 4.39 Å². The third-order valence-electron chi connectivity index (χ3n) is 2.41. The van der Waals surface area contributed by atoms with Crippen molar-refractivity contribution in [2.24, 2.45) is 0 Å². The second-order valence-electron chi connectivity index (χ2n) is 3.42. The molecule has 0 aliphatic heterocycles. The summed E-state index contributed by atoms with van der Waals surface area (Å²) in [6, 6.07) is 13.1. The maximum Gasteiger partial charge on any atom is 0.214 e. The lowest BCUT2D eigenvalue weighted by Crippen LogP contribution is -2.16. The lowest BCUT2D eigenvalue weighted by molar-refractivity contribution is 0.583. The molecule has 3 heteroatoms. The Hall–Kier alpha value is -1.90. The van der Waals surface area contributed by atoms with Gasteiger partial charge in [-0.25, -0.2) is 4.98 Å². The average molecular weight is 216 g/mol. The molecule has 2 nitrogen and oxygen atoms in total. The summed E-state index contributed by atoms with van der Waals surface area (Å²) in [6.45, 7) is 2.82. The number of benzene rings is 1. The molecule has 0 fully saturated rings. The summed E-state index contributed by atoms with van der Waals surface area (Å²) >= 11 is 0. The molecule has 82 valence electrons. The van der Waals surface area contributed by atoms with Crippen LogP contribution < -0.4 is 4.90 Å². The monoisotopic (exact) mass is 216 g/mol. The van der Waals surface area contributed by atoms with Crippen molar-refractivity contribution < 1.29 is 4.39 Å². The van der Waals surface area contributed by atoms with Gasteiger partial charge in [-0.3, -0.25) is 0 Å². The Morgan fingerprint density at radius 3 is 2.50 bits per heavy atom. The summed E-state index contributed by atoms with van der Waals surface area (Å²) in [5, 5.41) is 0. The van der Waals surface area contributed by atoms with Crippen molar-refractivity contribution in [3.05, 3.63) is 54.6 Å². The van der Waals surface area contributed by atoms with Gasteiger partial charge >= 0.3 is 0 Å². The Morgan fingerprint density at radius 1 is 1.12 bits per heavy atom. The molecule has 1 heterocycles. The fraction of sp³-hybridized carbons (Fsp3) is 0.154. The SMILES string of the molecule is CCN(c1ccccc1)c1ccnc(F)c1. The van der Waals surface area contributed by atoms with Gasteiger partial charge in [0.05, 0.1) is 0 Å². The molecule has 0 aliphatic rings. The van der Waals surface area contributed by atoms with Crippen LogP contribution >= 0.6 is 0 Å². The van der Waals surface area contributed by atoms with Crippen molar-refractivity contribution in [1.29, 1.82) is 0 Å². The Labute approximate surface area is 94.4 Å². The Bertz CT molecular complexity index is 456. The van der Waals surface area contributed by atoms with Gasteiger partial charge < -0.3 is 4.90 Å². The van der Waals surface area contributed by atoms with E-state index >= 15 is 0 Å². The number of hydrogen-bond donors (Lipinski definition) is 0. The lowest BCUT2D eigenvalue weighted by atomic mass is 10.2. The highest BCUT2D eigenvalue weighted by molar-refractivity contribution is 5.62. The van der Waals surface area contributed by atoms with Crippen LogP contribution in [-0.4, -0.2) is 11.5 Å². The van der Waals surface area contributed by atoms with E-state index in [1.54, 1.807) is 6.07 Å². The van der Waals surface area contributed by atoms with Gasteiger partial charge in [0.25, 0.3) is 0 Å². The topological polar surface area (TPSA) is 16.1 Å². The van der Waals surface area contributed by atoms with Gasteiger partial charge in [-0.15, -0.1) is 0 Å². The summed E-state index contributed by atoms with van der Waals surface area (Å²) < 4.78 is 13.0. The van der Waals surface area contributed by atoms with E-state index in [0.717, 1.165) is 17.9 Å². The molecule has 2 rings (SSSR count). The van der Waals surface area contributed by atoms with Gasteiger partial charge in [0.1, 0.15) is 0 Å². The summed E-state index contributed by atoms with van der Waals surface area (Å²) in [6.07, 6.45) is 1.48. The number of nitrogens with zero attached hydrogens (tertiary/aromatic N) is 2. The molecule has 1 aromatic heterocycles. The van der Waals surface area contributed by atoms with Crippen LogP contribution in [0.2, 0.25) is 0 Å². The molecular formula is C13H13FN2. The van der Waals surface area contributed by atoms with Crippen molar-refractivity contribution in [3.63, 3.8) is 0 Å². The van der Waals surface area contributed by atoms with E-state index in [9.17, 15) is 4.39 Å². The summed E-state index contributed by atoms with van der Waals surface area (Å²) in [7, 11) is 0. The van der Waals surface area contributed by atoms with E-state index in [0.29, 0.717) is 0 Å². The Balaban J connectivity index is 2.37. The molecule has 0 radical (unpaired) electrons. The first kappa shape index (κ1) is 10.6. The minimum Gasteiger partial charge on any atom is -0.342 e. The predicted octanol–water partition coefficient (Wildman–Crippen LogP) is 3.38. The highest BCUT2D eigenvalue weighted by atomic mass is 19.1. The van der Waals surface area contributed by atoms with Crippen molar-refractivity contribution in [2.45, 2.75) is 6.92 Å². The van der Waals surface area contributed by atoms with Gasteiger partial charge in [-0.05, 0) is 25.1 Å². The van der Waals surface area contributed by atoms with E-state index in [-0.39, 0.29) is 0 Å². The van der Waals surface area contributed by atoms with Crippen LogP contribution in [0.25, 0.3) is 0 Å². The maximum atomic E-state index is 13.0. The molecule has 0 unspecified atom stereocenters. The molecule has 0 aliphatic carbocycles. The standard InChI is InChI=1S/C13H13FN2/c1-2-16(11-6-4-3-5-7-11)12-8-9-15-13(14)10-12/h3-10H,2H2,1H3. The molecule has 0 saturated heterocycles. The Morgan fingerprint density at radius 2 is 1.88 bits per heavy atom. The highest BCUT2D eigenvalue weighted by Crippen LogP contribution is 2.24. The zero-order valence-corrected chi connectivity index (χ0v) is 9.10. The van der Waals surface area contributed by atoms with Crippen LogP contribution in [0, 0.1) is 5.95 Å². The number of rotatable bonds is 3. The molecule has 0 N–H and O–H groups in total.